The van der Waals surface area contributed by atoms with E-state index in [9.17, 15) is 4.79 Å². The number of aromatic nitrogens is 1. The molecule has 0 N–H and O–H groups in total. The van der Waals surface area contributed by atoms with Gasteiger partial charge in [-0.2, -0.15) is 0 Å². The van der Waals surface area contributed by atoms with Crippen LogP contribution in [0.3, 0.4) is 0 Å². The van der Waals surface area contributed by atoms with Crippen molar-refractivity contribution in [1.29, 1.82) is 0 Å². The summed E-state index contributed by atoms with van der Waals surface area (Å²) in [4.78, 5) is 18.6. The summed E-state index contributed by atoms with van der Waals surface area (Å²) in [6.07, 6.45) is 2.83. The Morgan fingerprint density at radius 1 is 1.55 bits per heavy atom. The maximum atomic E-state index is 12.5. The zero-order chi connectivity index (χ0) is 14.5. The van der Waals surface area contributed by atoms with Gasteiger partial charge in [0.05, 0.1) is 6.61 Å². The summed E-state index contributed by atoms with van der Waals surface area (Å²) in [5.41, 5.74) is 1.53. The van der Waals surface area contributed by atoms with Crippen molar-refractivity contribution in [3.8, 4) is 0 Å². The number of hydrogen-bond acceptors (Lipinski definition) is 3. The first kappa shape index (κ1) is 15.3. The fourth-order valence-corrected chi connectivity index (χ4v) is 2.86. The van der Waals surface area contributed by atoms with Crippen molar-refractivity contribution in [3.05, 3.63) is 28.5 Å². The third-order valence-electron chi connectivity index (χ3n) is 3.58. The van der Waals surface area contributed by atoms with Crippen molar-refractivity contribution >= 4 is 17.5 Å². The van der Waals surface area contributed by atoms with Crippen molar-refractivity contribution in [2.75, 3.05) is 26.8 Å². The summed E-state index contributed by atoms with van der Waals surface area (Å²) in [5, 5.41) is 0.395. The zero-order valence-electron chi connectivity index (χ0n) is 12.1. The molecule has 0 aliphatic carbocycles. The first-order valence-corrected chi connectivity index (χ1v) is 7.46. The molecular weight excluding hydrogens is 276 g/mol. The number of amides is 1. The summed E-state index contributed by atoms with van der Waals surface area (Å²) in [6.45, 7) is 4.34. The molecule has 4 nitrogen and oxygen atoms in total. The third kappa shape index (κ3) is 3.70. The lowest BCUT2D eigenvalue weighted by Gasteiger charge is -2.17. The Morgan fingerprint density at radius 2 is 2.35 bits per heavy atom. The maximum absolute atomic E-state index is 12.5. The topological polar surface area (TPSA) is 42.4 Å². The van der Waals surface area contributed by atoms with E-state index in [1.165, 1.54) is 0 Å². The van der Waals surface area contributed by atoms with Crippen molar-refractivity contribution in [3.63, 3.8) is 0 Å². The molecule has 1 fully saturated rings. The van der Waals surface area contributed by atoms with E-state index in [1.54, 1.807) is 13.2 Å². The minimum Gasteiger partial charge on any atom is -0.384 e. The van der Waals surface area contributed by atoms with E-state index in [4.69, 9.17) is 16.3 Å². The van der Waals surface area contributed by atoms with Crippen LogP contribution < -0.4 is 0 Å². The van der Waals surface area contributed by atoms with Crippen LogP contribution in [-0.4, -0.2) is 42.6 Å². The number of ether oxygens (including phenoxy) is 1. The molecule has 2 heterocycles. The van der Waals surface area contributed by atoms with Crippen LogP contribution >= 0.6 is 11.6 Å². The SMILES string of the molecule is CCCc1cc(C(=O)N2CCC(COC)C2)cc(Cl)n1. The molecule has 1 unspecified atom stereocenters. The number of methoxy groups -OCH3 is 1. The van der Waals surface area contributed by atoms with E-state index in [-0.39, 0.29) is 5.91 Å². The van der Waals surface area contributed by atoms with Gasteiger partial charge in [0.1, 0.15) is 5.15 Å². The van der Waals surface area contributed by atoms with E-state index in [0.29, 0.717) is 23.2 Å². The lowest BCUT2D eigenvalue weighted by Crippen LogP contribution is -2.29. The number of carbonyl (C=O) groups is 1. The van der Waals surface area contributed by atoms with Gasteiger partial charge in [0.2, 0.25) is 0 Å². The van der Waals surface area contributed by atoms with Gasteiger partial charge in [-0.15, -0.1) is 0 Å². The summed E-state index contributed by atoms with van der Waals surface area (Å²) < 4.78 is 5.16. The number of pyridine rings is 1. The van der Waals surface area contributed by atoms with Crippen LogP contribution in [0.5, 0.6) is 0 Å². The molecule has 1 amide bonds. The zero-order valence-corrected chi connectivity index (χ0v) is 12.8. The molecular formula is C15H21ClN2O2. The van der Waals surface area contributed by atoms with Crippen LogP contribution in [-0.2, 0) is 11.2 Å². The number of rotatable bonds is 5. The minimum atomic E-state index is 0.0465. The largest absolute Gasteiger partial charge is 0.384 e. The Balaban J connectivity index is 2.09. The van der Waals surface area contributed by atoms with Gasteiger partial charge in [-0.3, -0.25) is 4.79 Å². The molecule has 0 bridgehead atoms. The van der Waals surface area contributed by atoms with Crippen LogP contribution in [0, 0.1) is 5.92 Å². The van der Waals surface area contributed by atoms with Gasteiger partial charge >= 0.3 is 0 Å². The third-order valence-corrected chi connectivity index (χ3v) is 3.77. The highest BCUT2D eigenvalue weighted by Gasteiger charge is 2.27. The van der Waals surface area contributed by atoms with Crippen molar-refractivity contribution < 1.29 is 9.53 Å². The number of likely N-dealkylation sites (tertiary alicyclic amines) is 1. The molecule has 5 heteroatoms. The molecule has 20 heavy (non-hydrogen) atoms. The first-order valence-electron chi connectivity index (χ1n) is 7.08. The molecule has 110 valence electrons. The van der Waals surface area contributed by atoms with E-state index < -0.39 is 0 Å². The highest BCUT2D eigenvalue weighted by Crippen LogP contribution is 2.20. The van der Waals surface area contributed by atoms with E-state index in [1.807, 2.05) is 11.0 Å². The van der Waals surface area contributed by atoms with Crippen LogP contribution in [0.4, 0.5) is 0 Å². The minimum absolute atomic E-state index is 0.0465. The molecule has 0 saturated carbocycles. The average molecular weight is 297 g/mol. The Morgan fingerprint density at radius 3 is 3.05 bits per heavy atom. The molecule has 1 atom stereocenters. The van der Waals surface area contributed by atoms with Crippen molar-refractivity contribution in [2.45, 2.75) is 26.2 Å². The van der Waals surface area contributed by atoms with Gasteiger partial charge in [0, 0.05) is 37.4 Å². The first-order chi connectivity index (χ1) is 9.63. The smallest absolute Gasteiger partial charge is 0.254 e. The standard InChI is InChI=1S/C15H21ClN2O2/c1-3-4-13-7-12(8-14(16)17-13)15(19)18-6-5-11(9-18)10-20-2/h7-8,11H,3-6,9-10H2,1-2H3. The summed E-state index contributed by atoms with van der Waals surface area (Å²) in [7, 11) is 1.70. The number of hydrogen-bond donors (Lipinski definition) is 0. The number of halogens is 1. The molecule has 1 aromatic rings. The number of aryl methyl sites for hydroxylation is 1. The highest BCUT2D eigenvalue weighted by molar-refractivity contribution is 6.29. The fraction of sp³-hybridized carbons (Fsp3) is 0.600. The maximum Gasteiger partial charge on any atom is 0.254 e. The van der Waals surface area contributed by atoms with Gasteiger partial charge in [-0.05, 0) is 25.0 Å². The van der Waals surface area contributed by atoms with E-state index in [0.717, 1.165) is 38.0 Å². The van der Waals surface area contributed by atoms with Crippen LogP contribution in [0.15, 0.2) is 12.1 Å². The second kappa shape index (κ2) is 7.04. The average Bonchev–Trinajstić information content (AvgIpc) is 2.86. The van der Waals surface area contributed by atoms with Gasteiger partial charge in [-0.25, -0.2) is 4.98 Å². The highest BCUT2D eigenvalue weighted by atomic mass is 35.5. The molecule has 1 aliphatic rings. The van der Waals surface area contributed by atoms with Crippen LogP contribution in [0.25, 0.3) is 0 Å². The van der Waals surface area contributed by atoms with Gasteiger partial charge in [0.25, 0.3) is 5.91 Å². The summed E-state index contributed by atoms with van der Waals surface area (Å²) >= 11 is 6.01. The second-order valence-electron chi connectivity index (χ2n) is 5.28. The van der Waals surface area contributed by atoms with E-state index >= 15 is 0 Å². The molecule has 1 saturated heterocycles. The van der Waals surface area contributed by atoms with Crippen LogP contribution in [0.2, 0.25) is 5.15 Å². The second-order valence-corrected chi connectivity index (χ2v) is 5.67. The molecule has 0 spiro atoms. The predicted molar refractivity (Wildman–Crippen MR) is 79.1 cm³/mol. The van der Waals surface area contributed by atoms with Crippen molar-refractivity contribution in [1.82, 2.24) is 9.88 Å². The molecule has 0 aromatic carbocycles. The molecule has 1 aromatic heterocycles. The Kier molecular flexibility index (Phi) is 5.38. The lowest BCUT2D eigenvalue weighted by atomic mass is 10.1. The van der Waals surface area contributed by atoms with Crippen LogP contribution in [0.1, 0.15) is 35.8 Å². The number of nitrogens with zero attached hydrogens (tertiary/aromatic N) is 2. The lowest BCUT2D eigenvalue weighted by molar-refractivity contribution is 0.0775. The predicted octanol–water partition coefficient (Wildman–Crippen LogP) is 2.80. The normalized spacial score (nSPS) is 18.6. The molecule has 0 radical (unpaired) electrons. The van der Waals surface area contributed by atoms with Gasteiger partial charge in [-0.1, -0.05) is 24.9 Å². The monoisotopic (exact) mass is 296 g/mol. The number of carbonyl (C=O) groups excluding carboxylic acids is 1. The Labute approximate surface area is 125 Å². The quantitative estimate of drug-likeness (QED) is 0.785. The Bertz CT molecular complexity index is 479. The Hall–Kier alpha value is -1.13. The molecule has 2 rings (SSSR count). The molecule has 1 aliphatic heterocycles. The van der Waals surface area contributed by atoms with Gasteiger partial charge in [0.15, 0.2) is 0 Å². The fourth-order valence-electron chi connectivity index (χ4n) is 2.63. The summed E-state index contributed by atoms with van der Waals surface area (Å²) in [5.74, 6) is 0.488. The van der Waals surface area contributed by atoms with Crippen molar-refractivity contribution in [2.24, 2.45) is 5.92 Å². The van der Waals surface area contributed by atoms with Gasteiger partial charge < -0.3 is 9.64 Å². The van der Waals surface area contributed by atoms with E-state index in [2.05, 4.69) is 11.9 Å². The summed E-state index contributed by atoms with van der Waals surface area (Å²) in [6, 6.07) is 3.52.